The minimum Gasteiger partial charge on any atom is -0.493 e. The van der Waals surface area contributed by atoms with E-state index in [0.29, 0.717) is 35.8 Å². The van der Waals surface area contributed by atoms with Crippen molar-refractivity contribution in [3.8, 4) is 11.5 Å². The molecular formula is C29H27IN2O5. The largest absolute Gasteiger partial charge is 0.493 e. The van der Waals surface area contributed by atoms with E-state index in [1.165, 1.54) is 24.3 Å². The quantitative estimate of drug-likeness (QED) is 0.210. The van der Waals surface area contributed by atoms with Gasteiger partial charge in [0.25, 0.3) is 11.8 Å². The second kappa shape index (κ2) is 11.2. The number of hydrogen-bond acceptors (Lipinski definition) is 5. The van der Waals surface area contributed by atoms with Crippen LogP contribution in [0.3, 0.4) is 0 Å². The molecule has 1 aliphatic heterocycles. The highest BCUT2D eigenvalue weighted by Gasteiger charge is 2.37. The summed E-state index contributed by atoms with van der Waals surface area (Å²) in [6.07, 6.45) is 2.09. The third-order valence-corrected chi connectivity index (χ3v) is 7.03. The molecule has 4 amide bonds. The Kier molecular flexibility index (Phi) is 7.97. The average Bonchev–Trinajstić information content (AvgIpc) is 2.87. The van der Waals surface area contributed by atoms with E-state index in [-0.39, 0.29) is 5.57 Å². The number of para-hydroxylation sites is 1. The molecule has 1 saturated heterocycles. The van der Waals surface area contributed by atoms with Crippen LogP contribution in [0.5, 0.6) is 11.5 Å². The van der Waals surface area contributed by atoms with Gasteiger partial charge in [-0.3, -0.25) is 14.9 Å². The maximum atomic E-state index is 13.4. The number of imide groups is 2. The van der Waals surface area contributed by atoms with Gasteiger partial charge in [0, 0.05) is 0 Å². The van der Waals surface area contributed by atoms with Crippen molar-refractivity contribution in [2.24, 2.45) is 0 Å². The first-order valence-corrected chi connectivity index (χ1v) is 12.9. The van der Waals surface area contributed by atoms with Gasteiger partial charge in [-0.25, -0.2) is 9.69 Å². The lowest BCUT2D eigenvalue weighted by molar-refractivity contribution is -0.122. The number of halogens is 1. The molecule has 0 aromatic heterocycles. The Labute approximate surface area is 229 Å². The van der Waals surface area contributed by atoms with Gasteiger partial charge in [0.05, 0.1) is 16.4 Å². The molecule has 3 aromatic rings. The van der Waals surface area contributed by atoms with Crippen LogP contribution in [0.4, 0.5) is 10.5 Å². The summed E-state index contributed by atoms with van der Waals surface area (Å²) < 4.78 is 12.4. The molecule has 0 unspecified atom stereocenters. The summed E-state index contributed by atoms with van der Waals surface area (Å²) >= 11 is 2.14. The maximum absolute atomic E-state index is 13.4. The second-order valence-electron chi connectivity index (χ2n) is 8.68. The highest BCUT2D eigenvalue weighted by molar-refractivity contribution is 14.1. The van der Waals surface area contributed by atoms with E-state index >= 15 is 0 Å². The van der Waals surface area contributed by atoms with Crippen molar-refractivity contribution in [2.75, 3.05) is 12.0 Å². The van der Waals surface area contributed by atoms with Crippen molar-refractivity contribution in [2.45, 2.75) is 33.8 Å². The van der Waals surface area contributed by atoms with Gasteiger partial charge < -0.3 is 9.47 Å². The van der Waals surface area contributed by atoms with Crippen LogP contribution in [0.15, 0.2) is 60.2 Å². The minimum absolute atomic E-state index is 0.146. The summed E-state index contributed by atoms with van der Waals surface area (Å²) in [4.78, 5) is 39.6. The number of barbiturate groups is 1. The van der Waals surface area contributed by atoms with E-state index in [1.807, 2.05) is 25.1 Å². The Morgan fingerprint density at radius 2 is 1.76 bits per heavy atom. The Morgan fingerprint density at radius 1 is 1.00 bits per heavy atom. The number of benzene rings is 3. The number of carbonyl (C=O) groups is 3. The standard InChI is InChI=1S/C29H27IN2O5/c1-5-21-8-6-7-9-24(21)32-28(34)22(27(33)31-29(32)35)13-20-14-23(30)26(25(15-20)36-4)37-16-19-11-10-17(2)18(3)12-19/h6-15H,5,16H2,1-4H3,(H,31,33,35)/b22-13-. The second-order valence-corrected chi connectivity index (χ2v) is 9.84. The van der Waals surface area contributed by atoms with Crippen LogP contribution < -0.4 is 19.7 Å². The highest BCUT2D eigenvalue weighted by Crippen LogP contribution is 2.36. The Morgan fingerprint density at radius 3 is 2.46 bits per heavy atom. The van der Waals surface area contributed by atoms with Crippen LogP contribution in [0, 0.1) is 17.4 Å². The molecule has 1 fully saturated rings. The van der Waals surface area contributed by atoms with Crippen LogP contribution in [0.1, 0.15) is 34.7 Å². The van der Waals surface area contributed by atoms with Gasteiger partial charge in [0.2, 0.25) is 0 Å². The molecule has 1 aliphatic rings. The number of nitrogens with one attached hydrogen (secondary N) is 1. The third kappa shape index (κ3) is 5.53. The SMILES string of the molecule is CCc1ccccc1N1C(=O)NC(=O)/C(=C/c2cc(I)c(OCc3ccc(C)c(C)c3)c(OC)c2)C1=O. The van der Waals surface area contributed by atoms with E-state index in [9.17, 15) is 14.4 Å². The smallest absolute Gasteiger partial charge is 0.335 e. The molecule has 1 N–H and O–H groups in total. The monoisotopic (exact) mass is 610 g/mol. The molecule has 0 radical (unpaired) electrons. The molecule has 37 heavy (non-hydrogen) atoms. The van der Waals surface area contributed by atoms with E-state index in [1.54, 1.807) is 24.3 Å². The zero-order valence-corrected chi connectivity index (χ0v) is 23.2. The molecule has 7 nitrogen and oxygen atoms in total. The lowest BCUT2D eigenvalue weighted by atomic mass is 10.0. The fourth-order valence-electron chi connectivity index (χ4n) is 4.08. The van der Waals surface area contributed by atoms with Crippen LogP contribution in [0.25, 0.3) is 6.08 Å². The molecule has 0 aliphatic carbocycles. The number of ether oxygens (including phenoxy) is 2. The number of urea groups is 1. The first-order valence-electron chi connectivity index (χ1n) is 11.8. The van der Waals surface area contributed by atoms with Gasteiger partial charge in [-0.05, 0) is 95.0 Å². The van der Waals surface area contributed by atoms with Crippen LogP contribution in [0.2, 0.25) is 0 Å². The molecule has 4 rings (SSSR count). The first-order chi connectivity index (χ1) is 17.7. The zero-order valence-electron chi connectivity index (χ0n) is 21.1. The van der Waals surface area contributed by atoms with Crippen molar-refractivity contribution < 1.29 is 23.9 Å². The summed E-state index contributed by atoms with van der Waals surface area (Å²) in [6, 6.07) is 16.0. The van der Waals surface area contributed by atoms with E-state index < -0.39 is 17.8 Å². The number of amides is 4. The summed E-state index contributed by atoms with van der Waals surface area (Å²) in [5.74, 6) is -0.393. The lowest BCUT2D eigenvalue weighted by Crippen LogP contribution is -2.54. The summed E-state index contributed by atoms with van der Waals surface area (Å²) in [5.41, 5.74) is 5.13. The number of carbonyl (C=O) groups excluding carboxylic acids is 3. The van der Waals surface area contributed by atoms with E-state index in [4.69, 9.17) is 9.47 Å². The molecule has 0 bridgehead atoms. The van der Waals surface area contributed by atoms with Gasteiger partial charge in [-0.15, -0.1) is 0 Å². The van der Waals surface area contributed by atoms with Gasteiger partial charge in [-0.2, -0.15) is 0 Å². The fourth-order valence-corrected chi connectivity index (χ4v) is 4.86. The van der Waals surface area contributed by atoms with E-state index in [0.717, 1.165) is 19.6 Å². The van der Waals surface area contributed by atoms with Gasteiger partial charge in [0.15, 0.2) is 11.5 Å². The van der Waals surface area contributed by atoms with E-state index in [2.05, 4.69) is 53.9 Å². The molecule has 0 atom stereocenters. The summed E-state index contributed by atoms with van der Waals surface area (Å²) in [5, 5.41) is 2.28. The van der Waals surface area contributed by atoms with Crippen LogP contribution in [-0.2, 0) is 22.6 Å². The Hall–Kier alpha value is -3.66. The molecule has 0 spiro atoms. The zero-order chi connectivity index (χ0) is 26.7. The number of rotatable bonds is 7. The number of aryl methyl sites for hydroxylation is 3. The third-order valence-electron chi connectivity index (χ3n) is 6.23. The fraction of sp³-hybridized carbons (Fsp3) is 0.207. The lowest BCUT2D eigenvalue weighted by Gasteiger charge is -2.28. The molecule has 0 saturated carbocycles. The molecule has 3 aromatic carbocycles. The number of hydrogen-bond donors (Lipinski definition) is 1. The number of nitrogens with zero attached hydrogens (tertiary/aromatic N) is 1. The van der Waals surface area contributed by atoms with Gasteiger partial charge in [0.1, 0.15) is 12.2 Å². The molecule has 8 heteroatoms. The Bertz CT molecular complexity index is 1430. The Balaban J connectivity index is 1.65. The van der Waals surface area contributed by atoms with Crippen molar-refractivity contribution in [3.63, 3.8) is 0 Å². The van der Waals surface area contributed by atoms with Crippen LogP contribution >= 0.6 is 22.6 Å². The highest BCUT2D eigenvalue weighted by atomic mass is 127. The topological polar surface area (TPSA) is 84.9 Å². The summed E-state index contributed by atoms with van der Waals surface area (Å²) in [7, 11) is 1.53. The number of anilines is 1. The van der Waals surface area contributed by atoms with Crippen molar-refractivity contribution >= 4 is 52.2 Å². The average molecular weight is 610 g/mol. The minimum atomic E-state index is -0.768. The number of methoxy groups -OCH3 is 1. The molecule has 1 heterocycles. The summed E-state index contributed by atoms with van der Waals surface area (Å²) in [6.45, 7) is 6.42. The van der Waals surface area contributed by atoms with Gasteiger partial charge >= 0.3 is 6.03 Å². The van der Waals surface area contributed by atoms with Crippen molar-refractivity contribution in [1.82, 2.24) is 5.32 Å². The maximum Gasteiger partial charge on any atom is 0.335 e. The normalized spacial score (nSPS) is 14.7. The van der Waals surface area contributed by atoms with Crippen molar-refractivity contribution in [3.05, 3.63) is 91.6 Å². The first kappa shape index (κ1) is 26.4. The van der Waals surface area contributed by atoms with Gasteiger partial charge in [-0.1, -0.05) is 43.3 Å². The van der Waals surface area contributed by atoms with Crippen molar-refractivity contribution in [1.29, 1.82) is 0 Å². The molecular weight excluding hydrogens is 583 g/mol. The molecule has 190 valence electrons. The predicted molar refractivity (Wildman–Crippen MR) is 151 cm³/mol. The predicted octanol–water partition coefficient (Wildman–Crippen LogP) is 5.72. The van der Waals surface area contributed by atoms with Crippen LogP contribution in [-0.4, -0.2) is 25.0 Å².